The van der Waals surface area contributed by atoms with Crippen LogP contribution < -0.4 is 45.3 Å². The summed E-state index contributed by atoms with van der Waals surface area (Å²) in [6, 6.07) is 32.2. The van der Waals surface area contributed by atoms with Crippen LogP contribution in [-0.4, -0.2) is 10.7 Å². The molecule has 0 spiro atoms. The highest BCUT2D eigenvalue weighted by atomic mass is 127. The summed E-state index contributed by atoms with van der Waals surface area (Å²) in [4.78, 5) is 4.80. The fraction of sp³-hybridized carbons (Fsp3) is 0.0870. The predicted octanol–water partition coefficient (Wildman–Crippen LogP) is 1.41. The van der Waals surface area contributed by atoms with Crippen molar-refractivity contribution < 1.29 is 28.4 Å². The first kappa shape index (κ1) is 21.1. The standard InChI is InChI=1S/C23H21NOPS.HI/c1-2-27-23-22(24-18-25-23)26(19-12-6-3-7-13-19,20-14-8-4-9-15-20)21-16-10-5-11-17-21;/h3-18H,2H2,1H3;1H/q+1;/p-1. The molecule has 0 unspecified atom stereocenters. The van der Waals surface area contributed by atoms with E-state index in [0.29, 0.717) is 0 Å². The molecule has 1 heterocycles. The van der Waals surface area contributed by atoms with Crippen LogP contribution in [0.2, 0.25) is 0 Å². The number of oxazole rings is 1. The third-order valence-electron chi connectivity index (χ3n) is 4.54. The first-order chi connectivity index (χ1) is 13.4. The van der Waals surface area contributed by atoms with E-state index in [-0.39, 0.29) is 24.0 Å². The van der Waals surface area contributed by atoms with Gasteiger partial charge in [-0.1, -0.05) is 73.3 Å². The van der Waals surface area contributed by atoms with Crippen LogP contribution in [-0.2, 0) is 0 Å². The van der Waals surface area contributed by atoms with Gasteiger partial charge < -0.3 is 28.4 Å². The zero-order valence-electron chi connectivity index (χ0n) is 15.5. The number of thioether (sulfide) groups is 1. The van der Waals surface area contributed by atoms with Crippen molar-refractivity contribution >= 4 is 40.4 Å². The molecule has 3 aromatic carbocycles. The van der Waals surface area contributed by atoms with Crippen LogP contribution in [0.25, 0.3) is 0 Å². The average Bonchev–Trinajstić information content (AvgIpc) is 3.20. The Morgan fingerprint density at radius 2 is 1.18 bits per heavy atom. The molecule has 5 heteroatoms. The number of hydrogen-bond donors (Lipinski definition) is 0. The van der Waals surface area contributed by atoms with Crippen LogP contribution in [0.4, 0.5) is 0 Å². The lowest BCUT2D eigenvalue weighted by atomic mass is 10.4. The van der Waals surface area contributed by atoms with Gasteiger partial charge in [0.05, 0.1) is 0 Å². The molecule has 0 atom stereocenters. The number of aromatic nitrogens is 1. The maximum Gasteiger partial charge on any atom is 0.250 e. The monoisotopic (exact) mass is 517 g/mol. The van der Waals surface area contributed by atoms with Crippen molar-refractivity contribution in [1.82, 2.24) is 4.98 Å². The number of halogens is 1. The van der Waals surface area contributed by atoms with Gasteiger partial charge in [0.15, 0.2) is 13.7 Å². The summed E-state index contributed by atoms with van der Waals surface area (Å²) >= 11 is 1.72. The molecule has 28 heavy (non-hydrogen) atoms. The van der Waals surface area contributed by atoms with Gasteiger partial charge in [-0.25, -0.2) is 0 Å². The largest absolute Gasteiger partial charge is 1.00 e. The molecule has 0 amide bonds. The Morgan fingerprint density at radius 3 is 1.57 bits per heavy atom. The third kappa shape index (κ3) is 3.78. The molecule has 0 fully saturated rings. The molecule has 2 nitrogen and oxygen atoms in total. The quantitative estimate of drug-likeness (QED) is 0.220. The van der Waals surface area contributed by atoms with Gasteiger partial charge in [-0.3, -0.25) is 0 Å². The molecule has 142 valence electrons. The van der Waals surface area contributed by atoms with Crippen LogP contribution in [0, 0.1) is 0 Å². The van der Waals surface area contributed by atoms with E-state index in [4.69, 9.17) is 9.40 Å². The highest BCUT2D eigenvalue weighted by Crippen LogP contribution is 2.55. The summed E-state index contributed by atoms with van der Waals surface area (Å²) in [5, 5.41) is 4.78. The Bertz CT molecular complexity index is 896. The first-order valence-corrected chi connectivity index (χ1v) is 11.8. The molecule has 0 aliphatic carbocycles. The smallest absolute Gasteiger partial charge is 0.250 e. The van der Waals surface area contributed by atoms with Crippen molar-refractivity contribution in [1.29, 1.82) is 0 Å². The van der Waals surface area contributed by atoms with E-state index in [1.165, 1.54) is 15.9 Å². The van der Waals surface area contributed by atoms with Crippen molar-refractivity contribution in [3.05, 3.63) is 97.4 Å². The summed E-state index contributed by atoms with van der Waals surface area (Å²) in [6.07, 6.45) is 1.59. The maximum absolute atomic E-state index is 5.86. The Balaban J connectivity index is 0.00000225. The van der Waals surface area contributed by atoms with Crippen LogP contribution in [0.1, 0.15) is 6.92 Å². The second-order valence-corrected chi connectivity index (χ2v) is 10.6. The first-order valence-electron chi connectivity index (χ1n) is 9.00. The fourth-order valence-electron chi connectivity index (χ4n) is 3.45. The predicted molar refractivity (Wildman–Crippen MR) is 118 cm³/mol. The van der Waals surface area contributed by atoms with E-state index >= 15 is 0 Å². The topological polar surface area (TPSA) is 26.0 Å². The molecule has 0 aliphatic rings. The SMILES string of the molecule is CCSc1ocnc1[P+](c1ccccc1)(c1ccccc1)c1ccccc1.[I-]. The van der Waals surface area contributed by atoms with Crippen molar-refractivity contribution in [3.63, 3.8) is 0 Å². The minimum Gasteiger partial charge on any atom is -1.00 e. The highest BCUT2D eigenvalue weighted by molar-refractivity contribution is 8.04. The molecule has 1 aromatic heterocycles. The molecule has 0 saturated carbocycles. The number of benzene rings is 3. The van der Waals surface area contributed by atoms with Gasteiger partial charge in [-0.2, -0.15) is 4.98 Å². The van der Waals surface area contributed by atoms with Gasteiger partial charge in [-0.15, -0.1) is 0 Å². The van der Waals surface area contributed by atoms with Gasteiger partial charge in [0, 0.05) is 0 Å². The van der Waals surface area contributed by atoms with Crippen LogP contribution >= 0.6 is 19.0 Å². The lowest BCUT2D eigenvalue weighted by molar-refractivity contribution is -0.00000566. The zero-order valence-corrected chi connectivity index (χ0v) is 19.4. The van der Waals surface area contributed by atoms with Crippen LogP contribution in [0.5, 0.6) is 0 Å². The molecular formula is C23H21INOPS. The second kappa shape index (κ2) is 9.73. The number of hydrogen-bond acceptors (Lipinski definition) is 3. The number of rotatable bonds is 6. The third-order valence-corrected chi connectivity index (χ3v) is 9.70. The van der Waals surface area contributed by atoms with Crippen LogP contribution in [0.3, 0.4) is 0 Å². The zero-order chi connectivity index (χ0) is 18.5. The highest BCUT2D eigenvalue weighted by Gasteiger charge is 2.52. The Kier molecular flexibility index (Phi) is 7.33. The van der Waals surface area contributed by atoms with Crippen molar-refractivity contribution in [3.8, 4) is 0 Å². The summed E-state index contributed by atoms with van der Waals surface area (Å²) in [7, 11) is -2.15. The van der Waals surface area contributed by atoms with E-state index in [2.05, 4.69) is 97.9 Å². The molecule has 0 radical (unpaired) electrons. The summed E-state index contributed by atoms with van der Waals surface area (Å²) in [5.74, 6) is 0.945. The lowest BCUT2D eigenvalue weighted by Crippen LogP contribution is -3.00. The second-order valence-electron chi connectivity index (χ2n) is 6.07. The molecule has 4 aromatic rings. The molecule has 0 N–H and O–H groups in total. The molecule has 0 aliphatic heterocycles. The lowest BCUT2D eigenvalue weighted by Gasteiger charge is -2.25. The van der Waals surface area contributed by atoms with Crippen LogP contribution in [0.15, 0.2) is 107 Å². The molecule has 4 rings (SSSR count). The Morgan fingerprint density at radius 1 is 0.750 bits per heavy atom. The van der Waals surface area contributed by atoms with Crippen molar-refractivity contribution in [2.24, 2.45) is 0 Å². The molecule has 0 bridgehead atoms. The molecule has 0 saturated heterocycles. The van der Waals surface area contributed by atoms with E-state index in [1.807, 2.05) is 0 Å². The minimum atomic E-state index is -2.15. The summed E-state index contributed by atoms with van der Waals surface area (Å²) in [5.41, 5.74) is 1.05. The van der Waals surface area contributed by atoms with Crippen molar-refractivity contribution in [2.75, 3.05) is 5.75 Å². The summed E-state index contributed by atoms with van der Waals surface area (Å²) < 4.78 is 5.86. The van der Waals surface area contributed by atoms with E-state index in [1.54, 1.807) is 18.2 Å². The molecular weight excluding hydrogens is 496 g/mol. The normalized spacial score (nSPS) is 11.0. The van der Waals surface area contributed by atoms with Gasteiger partial charge in [0.2, 0.25) is 5.09 Å². The van der Waals surface area contributed by atoms with E-state index in [0.717, 1.165) is 16.3 Å². The minimum absolute atomic E-state index is 0. The fourth-order valence-corrected chi connectivity index (χ4v) is 8.64. The van der Waals surface area contributed by atoms with Gasteiger partial charge >= 0.3 is 0 Å². The average molecular weight is 517 g/mol. The van der Waals surface area contributed by atoms with Gasteiger partial charge in [-0.05, 0) is 42.2 Å². The number of nitrogens with zero attached hydrogens (tertiary/aromatic N) is 1. The van der Waals surface area contributed by atoms with E-state index in [9.17, 15) is 0 Å². The maximum atomic E-state index is 5.86. The Hall–Kier alpha value is -1.62. The summed E-state index contributed by atoms with van der Waals surface area (Å²) in [6.45, 7) is 2.14. The Labute approximate surface area is 188 Å². The van der Waals surface area contributed by atoms with Crippen molar-refractivity contribution in [2.45, 2.75) is 12.0 Å². The van der Waals surface area contributed by atoms with Gasteiger partial charge in [0.25, 0.3) is 5.44 Å². The van der Waals surface area contributed by atoms with Gasteiger partial charge in [0.1, 0.15) is 15.9 Å². The van der Waals surface area contributed by atoms with E-state index < -0.39 is 7.26 Å².